The van der Waals surface area contributed by atoms with Crippen molar-refractivity contribution in [2.24, 2.45) is 0 Å². The average molecular weight is 830 g/mol. The van der Waals surface area contributed by atoms with Crippen LogP contribution in [-0.2, 0) is 4.79 Å². The summed E-state index contributed by atoms with van der Waals surface area (Å²) in [4.78, 5) is 12.4. The van der Waals surface area contributed by atoms with Crippen LogP contribution in [0.5, 0.6) is 0 Å². The molecular formula is C56H95NO3. The van der Waals surface area contributed by atoms with Crippen LogP contribution in [0.3, 0.4) is 0 Å². The van der Waals surface area contributed by atoms with E-state index in [1.807, 2.05) is 0 Å². The summed E-state index contributed by atoms with van der Waals surface area (Å²) in [5.74, 6) is -0.0478. The zero-order valence-electron chi connectivity index (χ0n) is 39.2. The summed E-state index contributed by atoms with van der Waals surface area (Å²) in [6, 6.07) is -0.549. The van der Waals surface area contributed by atoms with Crippen LogP contribution in [0, 0.1) is 0 Å². The quantitative estimate of drug-likeness (QED) is 0.0423. The Kier molecular flexibility index (Phi) is 47.9. The second-order valence-corrected chi connectivity index (χ2v) is 16.5. The van der Waals surface area contributed by atoms with E-state index in [2.05, 4.69) is 129 Å². The van der Waals surface area contributed by atoms with Crippen molar-refractivity contribution in [2.75, 3.05) is 6.61 Å². The number of unbranched alkanes of at least 4 members (excludes halogenated alkanes) is 19. The highest BCUT2D eigenvalue weighted by atomic mass is 16.3. The molecule has 0 aliphatic carbocycles. The third-order valence-corrected chi connectivity index (χ3v) is 10.8. The number of carbonyl (C=O) groups excluding carboxylic acids is 1. The Morgan fingerprint density at radius 3 is 1.10 bits per heavy atom. The van der Waals surface area contributed by atoms with Crippen molar-refractivity contribution in [3.05, 3.63) is 109 Å². The van der Waals surface area contributed by atoms with Gasteiger partial charge in [-0.15, -0.1) is 0 Å². The number of hydrogen-bond acceptors (Lipinski definition) is 3. The highest BCUT2D eigenvalue weighted by Crippen LogP contribution is 2.15. The lowest BCUT2D eigenvalue weighted by Gasteiger charge is -2.22. The molecule has 0 spiro atoms. The van der Waals surface area contributed by atoms with Gasteiger partial charge in [0.1, 0.15) is 0 Å². The van der Waals surface area contributed by atoms with Crippen molar-refractivity contribution in [2.45, 2.75) is 231 Å². The third-order valence-electron chi connectivity index (χ3n) is 10.8. The van der Waals surface area contributed by atoms with Crippen LogP contribution in [0.4, 0.5) is 0 Å². The van der Waals surface area contributed by atoms with E-state index in [0.717, 1.165) is 96.3 Å². The number of hydrogen-bond donors (Lipinski definition) is 3. The molecule has 0 rings (SSSR count). The fraction of sp³-hybridized carbons (Fsp3) is 0.661. The topological polar surface area (TPSA) is 69.6 Å². The van der Waals surface area contributed by atoms with Gasteiger partial charge in [-0.1, -0.05) is 239 Å². The van der Waals surface area contributed by atoms with E-state index in [1.54, 1.807) is 0 Å². The Morgan fingerprint density at radius 2 is 0.733 bits per heavy atom. The molecule has 0 aromatic carbocycles. The van der Waals surface area contributed by atoms with Crippen LogP contribution >= 0.6 is 0 Å². The number of aliphatic hydroxyl groups is 2. The fourth-order valence-corrected chi connectivity index (χ4v) is 7.00. The second kappa shape index (κ2) is 50.4. The normalized spacial score (nSPS) is 13.9. The third kappa shape index (κ3) is 46.1. The van der Waals surface area contributed by atoms with E-state index >= 15 is 0 Å². The van der Waals surface area contributed by atoms with Crippen molar-refractivity contribution in [1.29, 1.82) is 0 Å². The Balaban J connectivity index is 3.62. The van der Waals surface area contributed by atoms with Crippen LogP contribution in [0.25, 0.3) is 0 Å². The van der Waals surface area contributed by atoms with Crippen LogP contribution in [-0.4, -0.2) is 34.9 Å². The predicted molar refractivity (Wildman–Crippen MR) is 266 cm³/mol. The second-order valence-electron chi connectivity index (χ2n) is 16.5. The molecule has 342 valence electrons. The van der Waals surface area contributed by atoms with Crippen LogP contribution in [0.15, 0.2) is 109 Å². The molecule has 2 atom stereocenters. The van der Waals surface area contributed by atoms with Gasteiger partial charge < -0.3 is 15.5 Å². The lowest BCUT2D eigenvalue weighted by atomic mass is 10.0. The maximum atomic E-state index is 12.4. The molecule has 4 nitrogen and oxygen atoms in total. The van der Waals surface area contributed by atoms with Crippen molar-refractivity contribution in [3.63, 3.8) is 0 Å². The minimum Gasteiger partial charge on any atom is -0.394 e. The number of nitrogens with one attached hydrogen (secondary N) is 1. The summed E-state index contributed by atoms with van der Waals surface area (Å²) < 4.78 is 0. The summed E-state index contributed by atoms with van der Waals surface area (Å²) in [6.45, 7) is 4.23. The summed E-state index contributed by atoms with van der Waals surface area (Å²) in [5, 5.41) is 23.2. The van der Waals surface area contributed by atoms with E-state index in [4.69, 9.17) is 0 Å². The van der Waals surface area contributed by atoms with Gasteiger partial charge in [-0.25, -0.2) is 0 Å². The van der Waals surface area contributed by atoms with Crippen LogP contribution < -0.4 is 5.32 Å². The first-order valence-corrected chi connectivity index (χ1v) is 25.1. The van der Waals surface area contributed by atoms with Gasteiger partial charge in [-0.05, 0) is 83.5 Å². The molecule has 2 unspecified atom stereocenters. The standard InChI is InChI=1S/C56H95NO3/c1-3-5-7-9-11-13-15-17-18-19-20-21-22-23-24-25-26-27-28-29-30-31-32-33-34-35-36-37-38-40-42-44-46-48-50-52-56(60)57-54(53-58)55(59)51-49-47-45-43-41-39-16-14-12-10-8-6-4-2/h5,7,11,13,17-18,20-21,23-24,26-27,29-30,32-33,35-36,54-55,58-59H,3-4,6,8-10,12,14-16,19,22,25,28,31,34,37-53H2,1-2H3,(H,57,60)/b7-5-,13-11-,18-17-,21-20-,24-23-,27-26-,30-29-,33-32-,36-35-. The van der Waals surface area contributed by atoms with Crippen molar-refractivity contribution < 1.29 is 15.0 Å². The van der Waals surface area contributed by atoms with E-state index < -0.39 is 12.1 Å². The fourth-order valence-electron chi connectivity index (χ4n) is 7.00. The Morgan fingerprint density at radius 1 is 0.417 bits per heavy atom. The molecule has 0 heterocycles. The first-order chi connectivity index (χ1) is 29.7. The van der Waals surface area contributed by atoms with Gasteiger partial charge in [0.25, 0.3) is 0 Å². The zero-order chi connectivity index (χ0) is 43.5. The summed E-state index contributed by atoms with van der Waals surface area (Å²) in [6.07, 6.45) is 76.1. The molecule has 0 aromatic heterocycles. The largest absolute Gasteiger partial charge is 0.394 e. The van der Waals surface area contributed by atoms with Gasteiger partial charge in [0.05, 0.1) is 18.8 Å². The predicted octanol–water partition coefficient (Wildman–Crippen LogP) is 16.4. The number of allylic oxidation sites excluding steroid dienone is 18. The molecule has 0 saturated heterocycles. The molecule has 3 N–H and O–H groups in total. The Bertz CT molecular complexity index is 1170. The Hall–Kier alpha value is -2.95. The highest BCUT2D eigenvalue weighted by Gasteiger charge is 2.20. The maximum Gasteiger partial charge on any atom is 0.220 e. The maximum absolute atomic E-state index is 12.4. The lowest BCUT2D eigenvalue weighted by Crippen LogP contribution is -2.45. The van der Waals surface area contributed by atoms with Crippen molar-refractivity contribution >= 4 is 5.91 Å². The zero-order valence-corrected chi connectivity index (χ0v) is 39.2. The molecular weight excluding hydrogens is 735 g/mol. The van der Waals surface area contributed by atoms with Gasteiger partial charge in [-0.2, -0.15) is 0 Å². The van der Waals surface area contributed by atoms with Gasteiger partial charge in [0.2, 0.25) is 5.91 Å². The minimum absolute atomic E-state index is 0.0478. The van der Waals surface area contributed by atoms with Crippen LogP contribution in [0.1, 0.15) is 219 Å². The SMILES string of the molecule is CC/C=C\C/C=C\C/C=C\C/C=C\C/C=C\C/C=C\C/C=C\C/C=C\C/C=C\CCCCCCCCCC(=O)NC(CO)C(O)CCCCCCCCCCCCCCC. The van der Waals surface area contributed by atoms with Crippen molar-refractivity contribution in [1.82, 2.24) is 5.32 Å². The van der Waals surface area contributed by atoms with Crippen molar-refractivity contribution in [3.8, 4) is 0 Å². The molecule has 0 aliphatic rings. The monoisotopic (exact) mass is 830 g/mol. The van der Waals surface area contributed by atoms with E-state index in [1.165, 1.54) is 96.3 Å². The summed E-state index contributed by atoms with van der Waals surface area (Å²) in [7, 11) is 0. The minimum atomic E-state index is -0.670. The summed E-state index contributed by atoms with van der Waals surface area (Å²) in [5.41, 5.74) is 0. The van der Waals surface area contributed by atoms with Gasteiger partial charge in [-0.3, -0.25) is 4.79 Å². The number of rotatable bonds is 44. The molecule has 0 saturated carbocycles. The molecule has 0 bridgehead atoms. The number of aliphatic hydroxyl groups excluding tert-OH is 2. The van der Waals surface area contributed by atoms with Gasteiger partial charge >= 0.3 is 0 Å². The van der Waals surface area contributed by atoms with Gasteiger partial charge in [0, 0.05) is 6.42 Å². The average Bonchev–Trinajstić information content (AvgIpc) is 3.25. The van der Waals surface area contributed by atoms with E-state index in [9.17, 15) is 15.0 Å². The number of carbonyl (C=O) groups is 1. The molecule has 4 heteroatoms. The first kappa shape index (κ1) is 57.1. The van der Waals surface area contributed by atoms with Gasteiger partial charge in [0.15, 0.2) is 0 Å². The summed E-state index contributed by atoms with van der Waals surface area (Å²) >= 11 is 0. The molecule has 60 heavy (non-hydrogen) atoms. The lowest BCUT2D eigenvalue weighted by molar-refractivity contribution is -0.123. The molecule has 0 aromatic rings. The first-order valence-electron chi connectivity index (χ1n) is 25.1. The molecule has 1 amide bonds. The van der Waals surface area contributed by atoms with Crippen LogP contribution in [0.2, 0.25) is 0 Å². The molecule has 0 fully saturated rings. The van der Waals surface area contributed by atoms with E-state index in [0.29, 0.717) is 12.8 Å². The number of amides is 1. The molecule has 0 radical (unpaired) electrons. The highest BCUT2D eigenvalue weighted by molar-refractivity contribution is 5.76. The Labute approximate surface area is 372 Å². The van der Waals surface area contributed by atoms with E-state index in [-0.39, 0.29) is 12.5 Å². The smallest absolute Gasteiger partial charge is 0.220 e. The molecule has 0 aliphatic heterocycles.